The second-order valence-electron chi connectivity index (χ2n) is 5.81. The molecule has 2 aromatic rings. The van der Waals surface area contributed by atoms with Gasteiger partial charge in [0, 0.05) is 23.4 Å². The third-order valence-corrected chi connectivity index (χ3v) is 5.99. The Morgan fingerprint density at radius 1 is 1.10 bits per heavy atom. The first kappa shape index (κ1) is 13.0. The van der Waals surface area contributed by atoms with Crippen LogP contribution in [0.4, 0.5) is 0 Å². The van der Waals surface area contributed by atoms with E-state index in [9.17, 15) is 4.79 Å². The monoisotopic (exact) mass is 295 g/mol. The molecule has 106 valence electrons. The fourth-order valence-electron chi connectivity index (χ4n) is 3.66. The van der Waals surface area contributed by atoms with Crippen molar-refractivity contribution in [3.05, 3.63) is 70.3 Å². The summed E-state index contributed by atoms with van der Waals surface area (Å²) >= 11 is 1.89. The molecule has 0 radical (unpaired) electrons. The zero-order valence-electron chi connectivity index (χ0n) is 12.2. The second-order valence-corrected chi connectivity index (χ2v) is 7.10. The van der Waals surface area contributed by atoms with Gasteiger partial charge < -0.3 is 4.90 Å². The molecule has 0 saturated carbocycles. The lowest BCUT2D eigenvalue weighted by atomic mass is 9.93. The maximum Gasteiger partial charge on any atom is 0.255 e. The van der Waals surface area contributed by atoms with E-state index in [1.807, 2.05) is 30.0 Å². The van der Waals surface area contributed by atoms with E-state index in [-0.39, 0.29) is 10.8 Å². The molecule has 2 aliphatic heterocycles. The number of hydrogen-bond donors (Lipinski definition) is 0. The molecule has 0 spiro atoms. The number of thioether (sulfide) groups is 1. The number of hydrogen-bond acceptors (Lipinski definition) is 2. The molecule has 1 fully saturated rings. The molecule has 2 aliphatic rings. The van der Waals surface area contributed by atoms with E-state index in [0.717, 1.165) is 23.4 Å². The van der Waals surface area contributed by atoms with Gasteiger partial charge in [-0.2, -0.15) is 0 Å². The molecule has 21 heavy (non-hydrogen) atoms. The summed E-state index contributed by atoms with van der Waals surface area (Å²) in [6.45, 7) is 5.09. The second kappa shape index (κ2) is 4.38. The molecule has 2 heterocycles. The number of aryl methyl sites for hydroxylation is 2. The summed E-state index contributed by atoms with van der Waals surface area (Å²) in [6.07, 6.45) is 0. The van der Waals surface area contributed by atoms with Crippen molar-refractivity contribution in [3.8, 4) is 0 Å². The van der Waals surface area contributed by atoms with Crippen LogP contribution in [0.25, 0.3) is 0 Å². The minimum absolute atomic E-state index is 0.176. The van der Waals surface area contributed by atoms with Gasteiger partial charge in [0.05, 0.1) is 0 Å². The van der Waals surface area contributed by atoms with Gasteiger partial charge in [0.15, 0.2) is 0 Å². The number of benzene rings is 2. The van der Waals surface area contributed by atoms with Crippen LogP contribution in [0, 0.1) is 13.8 Å². The molecule has 0 bridgehead atoms. The van der Waals surface area contributed by atoms with Crippen LogP contribution in [0.2, 0.25) is 0 Å². The van der Waals surface area contributed by atoms with Gasteiger partial charge in [-0.1, -0.05) is 42.0 Å². The largest absolute Gasteiger partial charge is 0.315 e. The molecule has 4 rings (SSSR count). The highest BCUT2D eigenvalue weighted by Crippen LogP contribution is 2.55. The number of amides is 1. The van der Waals surface area contributed by atoms with Crippen molar-refractivity contribution in [2.75, 3.05) is 12.3 Å². The average molecular weight is 295 g/mol. The number of rotatable bonds is 1. The van der Waals surface area contributed by atoms with E-state index in [0.29, 0.717) is 0 Å². The van der Waals surface area contributed by atoms with Gasteiger partial charge >= 0.3 is 0 Å². The van der Waals surface area contributed by atoms with Crippen molar-refractivity contribution in [2.45, 2.75) is 18.7 Å². The van der Waals surface area contributed by atoms with Gasteiger partial charge in [0.2, 0.25) is 0 Å². The van der Waals surface area contributed by atoms with E-state index in [2.05, 4.69) is 43.0 Å². The Bertz CT molecular complexity index is 755. The molecule has 1 saturated heterocycles. The van der Waals surface area contributed by atoms with Gasteiger partial charge in [0.25, 0.3) is 5.91 Å². The Morgan fingerprint density at radius 3 is 2.71 bits per heavy atom. The lowest BCUT2D eigenvalue weighted by Crippen LogP contribution is -2.38. The fourth-order valence-corrected chi connectivity index (χ4v) is 5.28. The first-order chi connectivity index (χ1) is 10.1. The lowest BCUT2D eigenvalue weighted by Gasteiger charge is -2.34. The molecule has 1 atom stereocenters. The van der Waals surface area contributed by atoms with Crippen molar-refractivity contribution >= 4 is 17.7 Å². The van der Waals surface area contributed by atoms with Crippen molar-refractivity contribution in [1.29, 1.82) is 0 Å². The topological polar surface area (TPSA) is 20.3 Å². The summed E-state index contributed by atoms with van der Waals surface area (Å²) in [7, 11) is 0. The van der Waals surface area contributed by atoms with Crippen LogP contribution in [0.3, 0.4) is 0 Å². The smallest absolute Gasteiger partial charge is 0.255 e. The third-order valence-electron chi connectivity index (χ3n) is 4.52. The van der Waals surface area contributed by atoms with E-state index < -0.39 is 0 Å². The molecule has 0 aliphatic carbocycles. The molecule has 1 amide bonds. The first-order valence-electron chi connectivity index (χ1n) is 7.28. The summed E-state index contributed by atoms with van der Waals surface area (Å²) in [4.78, 5) is 14.5. The summed E-state index contributed by atoms with van der Waals surface area (Å²) in [6, 6.07) is 14.6. The molecular formula is C18H17NOS. The molecular weight excluding hydrogens is 278 g/mol. The van der Waals surface area contributed by atoms with E-state index in [4.69, 9.17) is 0 Å². The summed E-state index contributed by atoms with van der Waals surface area (Å²) in [5, 5.41) is 0. The molecule has 0 aromatic heterocycles. The van der Waals surface area contributed by atoms with Gasteiger partial charge in [-0.25, -0.2) is 0 Å². The first-order valence-corrected chi connectivity index (χ1v) is 8.26. The number of carbonyl (C=O) groups is 1. The van der Waals surface area contributed by atoms with Crippen molar-refractivity contribution in [1.82, 2.24) is 4.90 Å². The summed E-state index contributed by atoms with van der Waals surface area (Å²) in [5.74, 6) is 1.17. The van der Waals surface area contributed by atoms with Gasteiger partial charge in [-0.05, 0) is 31.0 Å². The predicted octanol–water partition coefficient (Wildman–Crippen LogP) is 3.71. The van der Waals surface area contributed by atoms with Crippen LogP contribution < -0.4 is 0 Å². The summed E-state index contributed by atoms with van der Waals surface area (Å²) in [5.41, 5.74) is 5.81. The fraction of sp³-hybridized carbons (Fsp3) is 0.278. The molecule has 2 nitrogen and oxygen atoms in total. The van der Waals surface area contributed by atoms with Crippen LogP contribution in [-0.4, -0.2) is 23.1 Å². The van der Waals surface area contributed by atoms with E-state index in [1.165, 1.54) is 16.7 Å². The van der Waals surface area contributed by atoms with Crippen molar-refractivity contribution in [3.63, 3.8) is 0 Å². The zero-order chi connectivity index (χ0) is 14.6. The van der Waals surface area contributed by atoms with E-state index >= 15 is 0 Å². The number of nitrogens with zero attached hydrogens (tertiary/aromatic N) is 1. The number of fused-ring (bicyclic) bond motifs is 3. The van der Waals surface area contributed by atoms with Crippen molar-refractivity contribution in [2.24, 2.45) is 0 Å². The van der Waals surface area contributed by atoms with Gasteiger partial charge in [-0.15, -0.1) is 11.8 Å². The van der Waals surface area contributed by atoms with E-state index in [1.54, 1.807) is 0 Å². The molecule has 0 unspecified atom stereocenters. The highest BCUT2D eigenvalue weighted by Gasteiger charge is 2.54. The van der Waals surface area contributed by atoms with Crippen LogP contribution in [0.5, 0.6) is 0 Å². The quantitative estimate of drug-likeness (QED) is 0.799. The highest BCUT2D eigenvalue weighted by molar-refractivity contribution is 8.00. The maximum atomic E-state index is 12.7. The highest BCUT2D eigenvalue weighted by atomic mass is 32.2. The molecule has 3 heteroatoms. The Kier molecular flexibility index (Phi) is 2.70. The maximum absolute atomic E-state index is 12.7. The average Bonchev–Trinajstić information content (AvgIpc) is 3.00. The van der Waals surface area contributed by atoms with Crippen LogP contribution in [0.1, 0.15) is 32.6 Å². The normalized spacial score (nSPS) is 23.3. The van der Waals surface area contributed by atoms with Crippen LogP contribution in [-0.2, 0) is 4.87 Å². The van der Waals surface area contributed by atoms with Gasteiger partial charge in [0.1, 0.15) is 4.87 Å². The minimum atomic E-state index is -0.314. The van der Waals surface area contributed by atoms with Crippen LogP contribution >= 0.6 is 11.8 Å². The molecule has 2 aromatic carbocycles. The zero-order valence-corrected chi connectivity index (χ0v) is 13.0. The minimum Gasteiger partial charge on any atom is -0.315 e. The molecule has 0 N–H and O–H groups in total. The Hall–Kier alpha value is -1.74. The Labute approximate surface area is 129 Å². The van der Waals surface area contributed by atoms with Gasteiger partial charge in [-0.3, -0.25) is 4.79 Å². The third kappa shape index (κ3) is 1.58. The standard InChI is InChI=1S/C18H17NOS/c1-12-7-8-15(13(2)11-12)18-16-6-4-3-5-14(16)17(20)19(18)9-10-21-18/h3-8,11H,9-10H2,1-2H3/t18-/m1/s1. The lowest BCUT2D eigenvalue weighted by molar-refractivity contribution is 0.0752. The predicted molar refractivity (Wildman–Crippen MR) is 86.6 cm³/mol. The Morgan fingerprint density at radius 2 is 1.90 bits per heavy atom. The Balaban J connectivity index is 2.02. The van der Waals surface area contributed by atoms with Crippen molar-refractivity contribution < 1.29 is 4.79 Å². The summed E-state index contributed by atoms with van der Waals surface area (Å²) < 4.78 is 0. The van der Waals surface area contributed by atoms with Crippen LogP contribution in [0.15, 0.2) is 42.5 Å². The number of carbonyl (C=O) groups excluding carboxylic acids is 1. The SMILES string of the molecule is Cc1ccc([C@]23SCCN2C(=O)c2ccccc23)c(C)c1.